The van der Waals surface area contributed by atoms with Crippen LogP contribution in [0.3, 0.4) is 0 Å². The second kappa shape index (κ2) is 13.2. The molecule has 6 nitrogen and oxygen atoms in total. The number of hydrogen-bond donors (Lipinski definition) is 5. The van der Waals surface area contributed by atoms with Crippen molar-refractivity contribution in [3.63, 3.8) is 0 Å². The molecule has 0 aromatic heterocycles. The van der Waals surface area contributed by atoms with Crippen LogP contribution in [-0.4, -0.2) is 52.3 Å². The average Bonchev–Trinajstić information content (AvgIpc) is 2.04. The lowest BCUT2D eigenvalue weighted by Gasteiger charge is -1.96. The molecule has 0 radical (unpaired) electrons. The second-order valence-electron chi connectivity index (χ2n) is 1.62. The Kier molecular flexibility index (Phi) is 19.4. The minimum absolute atomic E-state index is 0. The van der Waals surface area contributed by atoms with Crippen LogP contribution in [0.4, 0.5) is 0 Å². The lowest BCUT2D eigenvalue weighted by molar-refractivity contribution is -0.135. The number of carbonyl (C=O) groups is 1. The van der Waals surface area contributed by atoms with Gasteiger partial charge >= 0.3 is 5.97 Å². The molecule has 0 saturated carbocycles. The fraction of sp³-hybridized carbons (Fsp3) is 0.800. The summed E-state index contributed by atoms with van der Waals surface area (Å²) in [5.41, 5.74) is 4.57. The van der Waals surface area contributed by atoms with Crippen LogP contribution in [0.5, 0.6) is 0 Å². The van der Waals surface area contributed by atoms with Gasteiger partial charge in [-0.1, -0.05) is 0 Å². The largest absolute Gasteiger partial charge is 0.480 e. The Hall–Kier alpha value is -0.400. The van der Waals surface area contributed by atoms with Gasteiger partial charge < -0.3 is 26.2 Å². The second-order valence-corrected chi connectivity index (χ2v) is 1.62. The number of hydrogen-bond acceptors (Lipinski definition) is 5. The van der Waals surface area contributed by atoms with Crippen molar-refractivity contribution in [3.05, 3.63) is 0 Å². The Balaban J connectivity index is -0.000000126. The van der Waals surface area contributed by atoms with E-state index in [1.807, 2.05) is 0 Å². The summed E-state index contributed by atoms with van der Waals surface area (Å²) >= 11 is 0. The van der Waals surface area contributed by atoms with Crippen molar-refractivity contribution in [2.24, 2.45) is 5.73 Å². The van der Waals surface area contributed by atoms with Crippen LogP contribution in [0.2, 0.25) is 0 Å². The van der Waals surface area contributed by atoms with Gasteiger partial charge in [-0.25, -0.2) is 0 Å². The van der Waals surface area contributed by atoms with Crippen LogP contribution in [0.25, 0.3) is 0 Å². The van der Waals surface area contributed by atoms with Crippen LogP contribution in [-0.2, 0) is 4.79 Å². The molecule has 7 heteroatoms. The highest BCUT2D eigenvalue weighted by Crippen LogP contribution is 1.71. The highest BCUT2D eigenvalue weighted by Gasteiger charge is 1.93. The van der Waals surface area contributed by atoms with E-state index in [4.69, 9.17) is 20.4 Å². The van der Waals surface area contributed by atoms with E-state index in [-0.39, 0.29) is 32.2 Å². The van der Waals surface area contributed by atoms with Crippen LogP contribution in [0, 0.1) is 0 Å². The van der Waals surface area contributed by atoms with Crippen molar-refractivity contribution in [1.82, 2.24) is 0 Å². The molecule has 0 saturated heterocycles. The maximum absolute atomic E-state index is 9.24. The van der Waals surface area contributed by atoms with E-state index in [9.17, 15) is 4.79 Å². The fourth-order valence-electron chi connectivity index (χ4n) is 0.0577. The van der Waals surface area contributed by atoms with Crippen molar-refractivity contribution in [2.75, 3.05) is 19.8 Å². The fourth-order valence-corrected chi connectivity index (χ4v) is 0.0577. The highest BCUT2D eigenvalue weighted by molar-refractivity contribution is 5.85. The molecular weight excluding hydrogens is 190 g/mol. The van der Waals surface area contributed by atoms with Gasteiger partial charge in [0.05, 0.1) is 19.8 Å². The van der Waals surface area contributed by atoms with Crippen LogP contribution < -0.4 is 5.73 Å². The van der Waals surface area contributed by atoms with Gasteiger partial charge in [0.15, 0.2) is 0 Å². The zero-order valence-electron chi connectivity index (χ0n) is 6.38. The third kappa shape index (κ3) is 22.6. The molecule has 0 amide bonds. The first-order valence-corrected chi connectivity index (χ1v) is 2.90. The molecule has 0 heterocycles. The van der Waals surface area contributed by atoms with Gasteiger partial charge in [0.2, 0.25) is 0 Å². The number of aliphatic hydroxyl groups is 3. The lowest BCUT2D eigenvalue weighted by atomic mass is 10.4. The number of aliphatic carboxylic acids is 1. The number of aliphatic hydroxyl groups excluding tert-OH is 3. The standard InChI is InChI=1S/C3H8O3.C2H5NO2.ClH/c4-1-3(6)2-5;3-1-2(4)5;/h3-6H,1-2H2;1,3H2,(H,4,5);1H. The predicted molar refractivity (Wildman–Crippen MR) is 44.1 cm³/mol. The number of carboxylic acid groups (broad SMARTS) is 1. The summed E-state index contributed by atoms with van der Waals surface area (Å²) in [5, 5.41) is 31.6. The highest BCUT2D eigenvalue weighted by atomic mass is 35.5. The average molecular weight is 204 g/mol. The van der Waals surface area contributed by atoms with Crippen molar-refractivity contribution in [1.29, 1.82) is 0 Å². The van der Waals surface area contributed by atoms with Gasteiger partial charge in [-0.15, -0.1) is 12.4 Å². The summed E-state index contributed by atoms with van der Waals surface area (Å²) in [6.07, 6.45) is -0.954. The molecule has 0 aromatic carbocycles. The summed E-state index contributed by atoms with van der Waals surface area (Å²) in [4.78, 5) is 9.24. The molecule has 0 aromatic rings. The minimum atomic E-state index is -0.968. The van der Waals surface area contributed by atoms with E-state index < -0.39 is 12.1 Å². The van der Waals surface area contributed by atoms with E-state index >= 15 is 0 Å². The quantitative estimate of drug-likeness (QED) is 0.354. The topological polar surface area (TPSA) is 124 Å². The minimum Gasteiger partial charge on any atom is -0.480 e. The Morgan fingerprint density at radius 3 is 1.58 bits per heavy atom. The van der Waals surface area contributed by atoms with Gasteiger partial charge in [-0.2, -0.15) is 0 Å². The number of nitrogens with two attached hydrogens (primary N) is 1. The van der Waals surface area contributed by atoms with E-state index in [1.165, 1.54) is 0 Å². The Labute approximate surface area is 76.0 Å². The SMILES string of the molecule is Cl.NCC(=O)O.OCC(O)CO. The Morgan fingerprint density at radius 2 is 1.58 bits per heavy atom. The summed E-state index contributed by atoms with van der Waals surface area (Å²) in [5.74, 6) is -0.968. The number of halogens is 1. The molecule has 0 rings (SSSR count). The van der Waals surface area contributed by atoms with E-state index in [2.05, 4.69) is 5.73 Å². The van der Waals surface area contributed by atoms with E-state index in [0.717, 1.165) is 0 Å². The molecule has 76 valence electrons. The van der Waals surface area contributed by atoms with Gasteiger partial charge in [0.25, 0.3) is 0 Å². The predicted octanol–water partition coefficient (Wildman–Crippen LogP) is -2.22. The smallest absolute Gasteiger partial charge is 0.317 e. The molecule has 6 N–H and O–H groups in total. The molecule has 0 aliphatic carbocycles. The van der Waals surface area contributed by atoms with Gasteiger partial charge in [0, 0.05) is 0 Å². The zero-order valence-corrected chi connectivity index (χ0v) is 7.20. The van der Waals surface area contributed by atoms with Crippen molar-refractivity contribution in [2.45, 2.75) is 6.10 Å². The van der Waals surface area contributed by atoms with Crippen molar-refractivity contribution >= 4 is 18.4 Å². The Bertz CT molecular complexity index is 97.8. The molecule has 0 bridgehead atoms. The molecule has 0 aliphatic heterocycles. The monoisotopic (exact) mass is 203 g/mol. The van der Waals surface area contributed by atoms with Crippen LogP contribution >= 0.6 is 12.4 Å². The normalized spacial score (nSPS) is 8.08. The summed E-state index contributed by atoms with van der Waals surface area (Å²) in [7, 11) is 0. The van der Waals surface area contributed by atoms with Crippen molar-refractivity contribution in [3.8, 4) is 0 Å². The van der Waals surface area contributed by atoms with Crippen LogP contribution in [0.15, 0.2) is 0 Å². The maximum atomic E-state index is 9.24. The van der Waals surface area contributed by atoms with E-state index in [1.54, 1.807) is 0 Å². The third-order valence-corrected chi connectivity index (χ3v) is 0.596. The molecule has 0 fully saturated rings. The molecule has 0 aliphatic rings. The van der Waals surface area contributed by atoms with E-state index in [0.29, 0.717) is 0 Å². The first kappa shape index (κ1) is 17.6. The summed E-state index contributed by atoms with van der Waals surface area (Å²) in [6, 6.07) is 0. The molecule has 0 spiro atoms. The lowest BCUT2D eigenvalue weighted by Crippen LogP contribution is -2.15. The molecule has 0 atom stereocenters. The first-order chi connectivity index (χ1) is 5.08. The Morgan fingerprint density at radius 1 is 1.33 bits per heavy atom. The summed E-state index contributed by atoms with van der Waals surface area (Å²) < 4.78 is 0. The number of carboxylic acids is 1. The maximum Gasteiger partial charge on any atom is 0.317 e. The van der Waals surface area contributed by atoms with Gasteiger partial charge in [0.1, 0.15) is 6.10 Å². The van der Waals surface area contributed by atoms with Crippen LogP contribution in [0.1, 0.15) is 0 Å². The summed E-state index contributed by atoms with van der Waals surface area (Å²) in [6.45, 7) is -1.01. The first-order valence-electron chi connectivity index (χ1n) is 2.90. The van der Waals surface area contributed by atoms with Gasteiger partial charge in [-0.05, 0) is 0 Å². The third-order valence-electron chi connectivity index (χ3n) is 0.596. The molecule has 0 unspecified atom stereocenters. The molecule has 12 heavy (non-hydrogen) atoms. The molecular formula is C5H14ClNO5. The van der Waals surface area contributed by atoms with Gasteiger partial charge in [-0.3, -0.25) is 4.79 Å². The van der Waals surface area contributed by atoms with Crippen molar-refractivity contribution < 1.29 is 25.2 Å². The zero-order chi connectivity index (χ0) is 9.28. The number of rotatable bonds is 3.